The van der Waals surface area contributed by atoms with E-state index in [4.69, 9.17) is 23.7 Å². The van der Waals surface area contributed by atoms with Crippen LogP contribution in [0, 0.1) is 0 Å². The number of carbonyl (C=O) groups excluding carboxylic acids is 2. The van der Waals surface area contributed by atoms with Crippen LogP contribution >= 0.6 is 0 Å². The molecule has 0 saturated heterocycles. The van der Waals surface area contributed by atoms with Crippen LogP contribution in [0.15, 0.2) is 30.3 Å². The van der Waals surface area contributed by atoms with Crippen LogP contribution < -0.4 is 29.0 Å². The van der Waals surface area contributed by atoms with Gasteiger partial charge in [-0.1, -0.05) is 0 Å². The average molecular weight is 399 g/mol. The molecule has 1 aliphatic heterocycles. The Balaban J connectivity index is 1.83. The molecule has 0 aliphatic carbocycles. The van der Waals surface area contributed by atoms with Gasteiger partial charge in [-0.15, -0.1) is 0 Å². The van der Waals surface area contributed by atoms with Crippen LogP contribution in [0.1, 0.15) is 22.8 Å². The SMILES string of the molecule is COc1cc(/C=C/C(=O)Nc2cc3c(cc2C(C)=O)OCO3)cc(OC)c1OC. The third-order valence-corrected chi connectivity index (χ3v) is 4.26. The summed E-state index contributed by atoms with van der Waals surface area (Å²) in [5.41, 5.74) is 1.36. The lowest BCUT2D eigenvalue weighted by molar-refractivity contribution is -0.111. The Morgan fingerprint density at radius 1 is 0.966 bits per heavy atom. The molecule has 0 aromatic heterocycles. The summed E-state index contributed by atoms with van der Waals surface area (Å²) in [6, 6.07) is 6.56. The molecule has 0 fully saturated rings. The zero-order valence-corrected chi connectivity index (χ0v) is 16.5. The van der Waals surface area contributed by atoms with Crippen LogP contribution in [0.25, 0.3) is 6.08 Å². The van der Waals surface area contributed by atoms with Gasteiger partial charge in [0.25, 0.3) is 0 Å². The van der Waals surface area contributed by atoms with Crippen LogP contribution in [0.2, 0.25) is 0 Å². The zero-order chi connectivity index (χ0) is 21.0. The van der Waals surface area contributed by atoms with Crippen molar-refractivity contribution >= 4 is 23.5 Å². The number of rotatable bonds is 7. The summed E-state index contributed by atoms with van der Waals surface area (Å²) in [5, 5.41) is 2.70. The largest absolute Gasteiger partial charge is 0.493 e. The van der Waals surface area contributed by atoms with Gasteiger partial charge < -0.3 is 29.0 Å². The number of anilines is 1. The Kier molecular flexibility index (Phi) is 5.92. The second-order valence-electron chi connectivity index (χ2n) is 6.09. The van der Waals surface area contributed by atoms with E-state index in [0.29, 0.717) is 45.6 Å². The molecule has 8 nitrogen and oxygen atoms in total. The van der Waals surface area contributed by atoms with Crippen molar-refractivity contribution in [3.05, 3.63) is 41.5 Å². The number of carbonyl (C=O) groups is 2. The molecule has 0 spiro atoms. The van der Waals surface area contributed by atoms with Gasteiger partial charge in [0.05, 0.1) is 27.0 Å². The first-order valence-corrected chi connectivity index (χ1v) is 8.70. The molecule has 152 valence electrons. The van der Waals surface area contributed by atoms with E-state index in [-0.39, 0.29) is 12.6 Å². The van der Waals surface area contributed by atoms with Crippen molar-refractivity contribution in [1.29, 1.82) is 0 Å². The van der Waals surface area contributed by atoms with Crippen molar-refractivity contribution in [1.82, 2.24) is 0 Å². The van der Waals surface area contributed by atoms with Crippen molar-refractivity contribution in [3.8, 4) is 28.7 Å². The number of fused-ring (bicyclic) bond motifs is 1. The van der Waals surface area contributed by atoms with Crippen molar-refractivity contribution < 1.29 is 33.3 Å². The number of amides is 1. The predicted octanol–water partition coefficient (Wildman–Crippen LogP) is 3.30. The summed E-state index contributed by atoms with van der Waals surface area (Å²) in [6.45, 7) is 1.49. The third kappa shape index (κ3) is 4.26. The molecule has 1 heterocycles. The smallest absolute Gasteiger partial charge is 0.248 e. The summed E-state index contributed by atoms with van der Waals surface area (Å²) in [5.74, 6) is 1.73. The van der Waals surface area contributed by atoms with Gasteiger partial charge in [0.2, 0.25) is 18.4 Å². The quantitative estimate of drug-likeness (QED) is 0.564. The molecule has 0 atom stereocenters. The molecule has 1 N–H and O–H groups in total. The van der Waals surface area contributed by atoms with Crippen molar-refractivity contribution in [2.75, 3.05) is 33.4 Å². The Labute approximate surface area is 168 Å². The molecular formula is C21H21NO7. The van der Waals surface area contributed by atoms with Crippen LogP contribution in [-0.2, 0) is 4.79 Å². The highest BCUT2D eigenvalue weighted by molar-refractivity contribution is 6.08. The summed E-state index contributed by atoms with van der Waals surface area (Å²) >= 11 is 0. The molecular weight excluding hydrogens is 378 g/mol. The minimum Gasteiger partial charge on any atom is -0.493 e. The van der Waals surface area contributed by atoms with E-state index in [0.717, 1.165) is 0 Å². The Hall–Kier alpha value is -3.68. The topological polar surface area (TPSA) is 92.3 Å². The van der Waals surface area contributed by atoms with Crippen molar-refractivity contribution in [2.45, 2.75) is 6.92 Å². The van der Waals surface area contributed by atoms with Gasteiger partial charge in [0.1, 0.15) is 0 Å². The standard InChI is InChI=1S/C21H21NO7/c1-12(23)14-9-16-17(29-11-28-16)10-15(14)22-20(24)6-5-13-7-18(25-2)21(27-4)19(8-13)26-3/h5-10H,11H2,1-4H3,(H,22,24)/b6-5+. The fraction of sp³-hybridized carbons (Fsp3) is 0.238. The minimum atomic E-state index is -0.417. The van der Waals surface area contributed by atoms with Crippen LogP contribution in [0.5, 0.6) is 28.7 Å². The fourth-order valence-electron chi connectivity index (χ4n) is 2.88. The summed E-state index contributed by atoms with van der Waals surface area (Å²) in [7, 11) is 4.54. The van der Waals surface area contributed by atoms with Gasteiger partial charge in [0, 0.05) is 17.7 Å². The van der Waals surface area contributed by atoms with Gasteiger partial charge in [-0.25, -0.2) is 0 Å². The van der Waals surface area contributed by atoms with Crippen LogP contribution in [0.3, 0.4) is 0 Å². The van der Waals surface area contributed by atoms with Gasteiger partial charge in [-0.2, -0.15) is 0 Å². The second kappa shape index (κ2) is 8.55. The van der Waals surface area contributed by atoms with E-state index in [1.807, 2.05) is 0 Å². The maximum absolute atomic E-state index is 12.4. The van der Waals surface area contributed by atoms with Gasteiger partial charge in [-0.05, 0) is 36.8 Å². The number of ketones is 1. The monoisotopic (exact) mass is 399 g/mol. The highest BCUT2D eigenvalue weighted by atomic mass is 16.7. The molecule has 0 radical (unpaired) electrons. The first-order chi connectivity index (χ1) is 14.0. The summed E-state index contributed by atoms with van der Waals surface area (Å²) in [6.07, 6.45) is 2.94. The van der Waals surface area contributed by atoms with Gasteiger partial charge in [0.15, 0.2) is 28.8 Å². The summed E-state index contributed by atoms with van der Waals surface area (Å²) < 4.78 is 26.5. The first-order valence-electron chi connectivity index (χ1n) is 8.70. The maximum Gasteiger partial charge on any atom is 0.248 e. The Morgan fingerprint density at radius 3 is 2.14 bits per heavy atom. The lowest BCUT2D eigenvalue weighted by Gasteiger charge is -2.13. The number of Topliss-reactive ketones (excluding diaryl/α,β-unsaturated/α-hetero) is 1. The molecule has 0 bridgehead atoms. The van der Waals surface area contributed by atoms with Crippen molar-refractivity contribution in [3.63, 3.8) is 0 Å². The highest BCUT2D eigenvalue weighted by Gasteiger charge is 2.20. The maximum atomic E-state index is 12.4. The molecule has 0 saturated carbocycles. The highest BCUT2D eigenvalue weighted by Crippen LogP contribution is 2.39. The number of hydrogen-bond donors (Lipinski definition) is 1. The molecule has 2 aromatic rings. The van der Waals surface area contributed by atoms with Crippen molar-refractivity contribution in [2.24, 2.45) is 0 Å². The normalized spacial score (nSPS) is 12.0. The predicted molar refractivity (Wildman–Crippen MR) is 106 cm³/mol. The molecule has 2 aromatic carbocycles. The van der Waals surface area contributed by atoms with E-state index in [2.05, 4.69) is 5.32 Å². The lowest BCUT2D eigenvalue weighted by atomic mass is 10.1. The summed E-state index contributed by atoms with van der Waals surface area (Å²) in [4.78, 5) is 24.3. The fourth-order valence-corrected chi connectivity index (χ4v) is 2.88. The average Bonchev–Trinajstić information content (AvgIpc) is 3.17. The van der Waals surface area contributed by atoms with Crippen LogP contribution in [-0.4, -0.2) is 39.8 Å². The van der Waals surface area contributed by atoms with E-state index in [1.165, 1.54) is 34.3 Å². The zero-order valence-electron chi connectivity index (χ0n) is 16.5. The molecule has 8 heteroatoms. The van der Waals surface area contributed by atoms with E-state index in [9.17, 15) is 9.59 Å². The Morgan fingerprint density at radius 2 is 1.59 bits per heavy atom. The van der Waals surface area contributed by atoms with Gasteiger partial charge in [-0.3, -0.25) is 9.59 Å². The molecule has 1 aliphatic rings. The lowest BCUT2D eigenvalue weighted by Crippen LogP contribution is -2.11. The van der Waals surface area contributed by atoms with Gasteiger partial charge >= 0.3 is 0 Å². The molecule has 0 unspecified atom stereocenters. The molecule has 29 heavy (non-hydrogen) atoms. The number of methoxy groups -OCH3 is 3. The number of ether oxygens (including phenoxy) is 5. The number of nitrogens with one attached hydrogen (secondary N) is 1. The van der Waals surface area contributed by atoms with E-state index >= 15 is 0 Å². The third-order valence-electron chi connectivity index (χ3n) is 4.26. The Bertz CT molecular complexity index is 956. The second-order valence-corrected chi connectivity index (χ2v) is 6.09. The molecule has 3 rings (SSSR count). The van der Waals surface area contributed by atoms with Crippen LogP contribution in [0.4, 0.5) is 5.69 Å². The molecule has 1 amide bonds. The number of benzene rings is 2. The van der Waals surface area contributed by atoms with E-state index in [1.54, 1.807) is 30.3 Å². The van der Waals surface area contributed by atoms with E-state index < -0.39 is 5.91 Å². The number of hydrogen-bond acceptors (Lipinski definition) is 7. The first kappa shape index (κ1) is 20.1. The minimum absolute atomic E-state index is 0.0745.